The molecular weight excluding hydrogens is 245 g/mol. The van der Waals surface area contributed by atoms with Gasteiger partial charge in [0.15, 0.2) is 0 Å². The van der Waals surface area contributed by atoms with Crippen LogP contribution in [0.2, 0.25) is 0 Å². The van der Waals surface area contributed by atoms with Gasteiger partial charge in [0.05, 0.1) is 0 Å². The number of unbranched alkanes of at least 4 members (excludes halogenated alkanes) is 1. The van der Waals surface area contributed by atoms with Crippen LogP contribution in [0.5, 0.6) is 0 Å². The number of carbonyl (C=O) groups excluding carboxylic acids is 1. The number of alkyl halides is 3. The van der Waals surface area contributed by atoms with E-state index in [-0.39, 0.29) is 24.3 Å². The highest BCUT2D eigenvalue weighted by Gasteiger charge is 2.26. The van der Waals surface area contributed by atoms with Crippen LogP contribution in [0, 0.1) is 5.92 Å². The standard InChI is InChI=1S/C12H21F3N2O/c13-12(14,15)7-1-2-8-17-11(18)9-3-5-10(16)6-4-9/h9-10H,1-8,16H2,(H,17,18). The van der Waals surface area contributed by atoms with Crippen molar-refractivity contribution in [3.8, 4) is 0 Å². The summed E-state index contributed by atoms with van der Waals surface area (Å²) in [4.78, 5) is 11.7. The van der Waals surface area contributed by atoms with Crippen molar-refractivity contribution in [2.24, 2.45) is 11.7 Å². The van der Waals surface area contributed by atoms with Crippen LogP contribution in [0.4, 0.5) is 13.2 Å². The average Bonchev–Trinajstić information content (AvgIpc) is 2.27. The van der Waals surface area contributed by atoms with E-state index < -0.39 is 12.6 Å². The number of nitrogens with two attached hydrogens (primary N) is 1. The first-order valence-electron chi connectivity index (χ1n) is 6.48. The van der Waals surface area contributed by atoms with Crippen LogP contribution in [0.15, 0.2) is 0 Å². The van der Waals surface area contributed by atoms with Crippen molar-refractivity contribution in [1.82, 2.24) is 5.32 Å². The summed E-state index contributed by atoms with van der Waals surface area (Å²) in [7, 11) is 0. The molecule has 3 N–H and O–H groups in total. The first-order chi connectivity index (χ1) is 8.38. The van der Waals surface area contributed by atoms with E-state index in [0.717, 1.165) is 25.7 Å². The first-order valence-corrected chi connectivity index (χ1v) is 6.48. The van der Waals surface area contributed by atoms with Gasteiger partial charge in [0.25, 0.3) is 0 Å². The number of halogens is 3. The van der Waals surface area contributed by atoms with Crippen molar-refractivity contribution >= 4 is 5.91 Å². The molecule has 1 aliphatic rings. The second-order valence-corrected chi connectivity index (χ2v) is 4.98. The van der Waals surface area contributed by atoms with Crippen LogP contribution in [-0.4, -0.2) is 24.7 Å². The van der Waals surface area contributed by atoms with E-state index in [1.807, 2.05) is 0 Å². The molecule has 0 saturated heterocycles. The molecule has 1 saturated carbocycles. The van der Waals surface area contributed by atoms with Gasteiger partial charge in [-0.25, -0.2) is 0 Å². The molecule has 0 aromatic rings. The quantitative estimate of drug-likeness (QED) is 0.750. The fourth-order valence-electron chi connectivity index (χ4n) is 2.19. The summed E-state index contributed by atoms with van der Waals surface area (Å²) < 4.78 is 35.6. The summed E-state index contributed by atoms with van der Waals surface area (Å²) >= 11 is 0. The number of hydrogen-bond donors (Lipinski definition) is 2. The van der Waals surface area contributed by atoms with Gasteiger partial charge < -0.3 is 11.1 Å². The molecule has 0 aromatic carbocycles. The lowest BCUT2D eigenvalue weighted by Gasteiger charge is -2.25. The van der Waals surface area contributed by atoms with Gasteiger partial charge >= 0.3 is 6.18 Å². The Morgan fingerprint density at radius 3 is 2.33 bits per heavy atom. The Bertz CT molecular complexity index is 261. The second kappa shape index (κ2) is 6.97. The first kappa shape index (κ1) is 15.3. The van der Waals surface area contributed by atoms with E-state index in [1.165, 1.54) is 0 Å². The Balaban J connectivity index is 2.07. The SMILES string of the molecule is NC1CCC(C(=O)NCCCCC(F)(F)F)CC1. The summed E-state index contributed by atoms with van der Waals surface area (Å²) in [6.45, 7) is 0.331. The Kier molecular flexibility index (Phi) is 5.91. The van der Waals surface area contributed by atoms with Gasteiger partial charge in [-0.3, -0.25) is 4.79 Å². The third-order valence-corrected chi connectivity index (χ3v) is 3.33. The van der Waals surface area contributed by atoms with Crippen LogP contribution < -0.4 is 11.1 Å². The van der Waals surface area contributed by atoms with Gasteiger partial charge in [0.1, 0.15) is 0 Å². The minimum absolute atomic E-state index is 0.00702. The zero-order chi connectivity index (χ0) is 13.6. The van der Waals surface area contributed by atoms with Crippen molar-refractivity contribution in [3.63, 3.8) is 0 Å². The molecular formula is C12H21F3N2O. The molecule has 0 aromatic heterocycles. The largest absolute Gasteiger partial charge is 0.389 e. The van der Waals surface area contributed by atoms with Gasteiger partial charge in [-0.1, -0.05) is 0 Å². The lowest BCUT2D eigenvalue weighted by molar-refractivity contribution is -0.135. The molecule has 1 fully saturated rings. The predicted molar refractivity (Wildman–Crippen MR) is 62.8 cm³/mol. The van der Waals surface area contributed by atoms with Crippen molar-refractivity contribution in [2.45, 2.75) is 57.2 Å². The van der Waals surface area contributed by atoms with E-state index in [0.29, 0.717) is 13.0 Å². The molecule has 0 aliphatic heterocycles. The summed E-state index contributed by atoms with van der Waals surface area (Å²) in [5, 5.41) is 2.71. The molecule has 3 nitrogen and oxygen atoms in total. The maximum atomic E-state index is 11.9. The summed E-state index contributed by atoms with van der Waals surface area (Å²) in [6, 6.07) is 0.195. The minimum atomic E-state index is -4.09. The molecule has 0 heterocycles. The summed E-state index contributed by atoms with van der Waals surface area (Å²) in [6.07, 6.45) is -1.15. The molecule has 6 heteroatoms. The van der Waals surface area contributed by atoms with Crippen molar-refractivity contribution in [3.05, 3.63) is 0 Å². The van der Waals surface area contributed by atoms with E-state index in [9.17, 15) is 18.0 Å². The summed E-state index contributed by atoms with van der Waals surface area (Å²) in [5.41, 5.74) is 5.74. The molecule has 0 unspecified atom stereocenters. The van der Waals surface area contributed by atoms with Gasteiger partial charge in [-0.05, 0) is 38.5 Å². The van der Waals surface area contributed by atoms with Gasteiger partial charge in [-0.2, -0.15) is 13.2 Å². The van der Waals surface area contributed by atoms with Crippen LogP contribution in [0.3, 0.4) is 0 Å². The van der Waals surface area contributed by atoms with E-state index in [4.69, 9.17) is 5.73 Å². The number of hydrogen-bond acceptors (Lipinski definition) is 2. The lowest BCUT2D eigenvalue weighted by atomic mass is 9.86. The third kappa shape index (κ3) is 6.23. The fraction of sp³-hybridized carbons (Fsp3) is 0.917. The van der Waals surface area contributed by atoms with Crippen molar-refractivity contribution in [1.29, 1.82) is 0 Å². The second-order valence-electron chi connectivity index (χ2n) is 4.98. The third-order valence-electron chi connectivity index (χ3n) is 3.33. The lowest BCUT2D eigenvalue weighted by Crippen LogP contribution is -2.36. The molecule has 0 radical (unpaired) electrons. The monoisotopic (exact) mass is 266 g/mol. The molecule has 1 aliphatic carbocycles. The fourth-order valence-corrected chi connectivity index (χ4v) is 2.19. The zero-order valence-corrected chi connectivity index (χ0v) is 10.4. The van der Waals surface area contributed by atoms with Gasteiger partial charge in [-0.15, -0.1) is 0 Å². The highest BCUT2D eigenvalue weighted by Crippen LogP contribution is 2.23. The average molecular weight is 266 g/mol. The highest BCUT2D eigenvalue weighted by atomic mass is 19.4. The van der Waals surface area contributed by atoms with Gasteiger partial charge in [0.2, 0.25) is 5.91 Å². The minimum Gasteiger partial charge on any atom is -0.356 e. The summed E-state index contributed by atoms with van der Waals surface area (Å²) in [5.74, 6) is -0.0404. The Morgan fingerprint density at radius 1 is 1.17 bits per heavy atom. The van der Waals surface area contributed by atoms with Crippen molar-refractivity contribution < 1.29 is 18.0 Å². The number of carbonyl (C=O) groups is 1. The van der Waals surface area contributed by atoms with E-state index in [2.05, 4.69) is 5.32 Å². The number of nitrogens with one attached hydrogen (secondary N) is 1. The molecule has 18 heavy (non-hydrogen) atoms. The van der Waals surface area contributed by atoms with Crippen LogP contribution >= 0.6 is 0 Å². The van der Waals surface area contributed by atoms with Crippen LogP contribution in [0.1, 0.15) is 44.9 Å². The highest BCUT2D eigenvalue weighted by molar-refractivity contribution is 5.78. The molecule has 1 amide bonds. The van der Waals surface area contributed by atoms with Gasteiger partial charge in [0, 0.05) is 24.9 Å². The number of amides is 1. The van der Waals surface area contributed by atoms with E-state index in [1.54, 1.807) is 0 Å². The topological polar surface area (TPSA) is 55.1 Å². The Morgan fingerprint density at radius 2 is 1.78 bits per heavy atom. The molecule has 0 atom stereocenters. The molecule has 106 valence electrons. The van der Waals surface area contributed by atoms with Crippen LogP contribution in [0.25, 0.3) is 0 Å². The number of rotatable bonds is 5. The predicted octanol–water partition coefficient (Wildman–Crippen LogP) is 2.35. The molecule has 0 spiro atoms. The van der Waals surface area contributed by atoms with Crippen molar-refractivity contribution in [2.75, 3.05) is 6.54 Å². The Hall–Kier alpha value is -0.780. The molecule has 0 bridgehead atoms. The van der Waals surface area contributed by atoms with Crippen LogP contribution in [-0.2, 0) is 4.79 Å². The maximum absolute atomic E-state index is 11.9. The smallest absolute Gasteiger partial charge is 0.356 e. The molecule has 1 rings (SSSR count). The van der Waals surface area contributed by atoms with E-state index >= 15 is 0 Å². The Labute approximate surface area is 105 Å². The normalized spacial score (nSPS) is 24.9. The zero-order valence-electron chi connectivity index (χ0n) is 10.4. The maximum Gasteiger partial charge on any atom is 0.389 e.